The van der Waals surface area contributed by atoms with Crippen molar-refractivity contribution in [3.05, 3.63) is 54.9 Å². The number of ether oxygens (including phenoxy) is 2. The second kappa shape index (κ2) is 7.58. The largest absolute Gasteiger partial charge is 0.479 e. The molecule has 1 N–H and O–H groups in total. The Hall–Kier alpha value is -4.48. The van der Waals surface area contributed by atoms with Crippen molar-refractivity contribution in [1.29, 1.82) is 0 Å². The Morgan fingerprint density at radius 3 is 2.88 bits per heavy atom. The third-order valence-electron chi connectivity index (χ3n) is 5.39. The van der Waals surface area contributed by atoms with Crippen LogP contribution < -0.4 is 14.8 Å². The first-order valence-corrected chi connectivity index (χ1v) is 10.4. The highest BCUT2D eigenvalue weighted by molar-refractivity contribution is 5.67. The Morgan fingerprint density at radius 1 is 1.12 bits per heavy atom. The van der Waals surface area contributed by atoms with Gasteiger partial charge < -0.3 is 14.8 Å². The Bertz CT molecular complexity index is 1450. The monoisotopic (exact) mass is 444 g/mol. The van der Waals surface area contributed by atoms with Crippen molar-refractivity contribution in [1.82, 2.24) is 44.1 Å². The van der Waals surface area contributed by atoms with Crippen molar-refractivity contribution in [2.75, 3.05) is 11.9 Å². The molecule has 6 heterocycles. The quantitative estimate of drug-likeness (QED) is 0.435. The molecular weight excluding hydrogens is 424 g/mol. The van der Waals surface area contributed by atoms with Crippen LogP contribution in [-0.2, 0) is 14.1 Å². The maximum absolute atomic E-state index is 6.13. The molecule has 1 atom stereocenters. The van der Waals surface area contributed by atoms with Crippen LogP contribution in [0.15, 0.2) is 49.1 Å². The lowest BCUT2D eigenvalue weighted by molar-refractivity contribution is 0.166. The number of hydrogen-bond acceptors (Lipinski definition) is 9. The van der Waals surface area contributed by atoms with Gasteiger partial charge in [0.25, 0.3) is 0 Å². The number of nitrogens with zero attached hydrogens (tertiary/aromatic N) is 9. The smallest absolute Gasteiger partial charge is 0.228 e. The maximum Gasteiger partial charge on any atom is 0.228 e. The predicted molar refractivity (Wildman–Crippen MR) is 117 cm³/mol. The highest BCUT2D eigenvalue weighted by Crippen LogP contribution is 2.33. The molecule has 166 valence electrons. The van der Waals surface area contributed by atoms with Gasteiger partial charge in [-0.1, -0.05) is 0 Å². The van der Waals surface area contributed by atoms with Crippen molar-refractivity contribution < 1.29 is 9.47 Å². The molecule has 0 spiro atoms. The molecule has 1 aliphatic rings. The van der Waals surface area contributed by atoms with E-state index in [1.165, 1.54) is 0 Å². The van der Waals surface area contributed by atoms with E-state index in [4.69, 9.17) is 9.47 Å². The van der Waals surface area contributed by atoms with Crippen LogP contribution >= 0.6 is 0 Å². The minimum Gasteiger partial charge on any atom is -0.479 e. The molecule has 33 heavy (non-hydrogen) atoms. The molecule has 0 aliphatic carbocycles. The van der Waals surface area contributed by atoms with E-state index in [9.17, 15) is 0 Å². The van der Waals surface area contributed by atoms with Gasteiger partial charge in [-0.3, -0.25) is 9.36 Å². The average Bonchev–Trinajstić information content (AvgIpc) is 3.50. The molecule has 0 fully saturated rings. The third kappa shape index (κ3) is 3.50. The molecule has 5 aromatic rings. The Balaban J connectivity index is 1.35. The van der Waals surface area contributed by atoms with E-state index in [-0.39, 0.29) is 6.10 Å². The normalized spacial score (nSPS) is 15.3. The van der Waals surface area contributed by atoms with Crippen LogP contribution in [0.2, 0.25) is 0 Å². The molecule has 5 aromatic heterocycles. The summed E-state index contributed by atoms with van der Waals surface area (Å²) in [5.74, 6) is 3.26. The van der Waals surface area contributed by atoms with Crippen LogP contribution in [0.5, 0.6) is 11.6 Å². The molecule has 0 radical (unpaired) electrons. The maximum atomic E-state index is 6.13. The Labute approximate surface area is 187 Å². The summed E-state index contributed by atoms with van der Waals surface area (Å²) in [6, 6.07) is 7.55. The highest BCUT2D eigenvalue weighted by atomic mass is 16.5. The van der Waals surface area contributed by atoms with Crippen molar-refractivity contribution in [3.63, 3.8) is 0 Å². The van der Waals surface area contributed by atoms with Gasteiger partial charge in [-0.15, -0.1) is 10.2 Å². The lowest BCUT2D eigenvalue weighted by Gasteiger charge is -2.13. The van der Waals surface area contributed by atoms with Gasteiger partial charge in [-0.2, -0.15) is 10.2 Å². The Kier molecular flexibility index (Phi) is 4.42. The Morgan fingerprint density at radius 2 is 2.06 bits per heavy atom. The average molecular weight is 444 g/mol. The fourth-order valence-electron chi connectivity index (χ4n) is 3.80. The molecule has 0 amide bonds. The van der Waals surface area contributed by atoms with E-state index in [0.29, 0.717) is 42.1 Å². The van der Waals surface area contributed by atoms with Crippen molar-refractivity contribution in [2.24, 2.45) is 14.1 Å². The zero-order valence-corrected chi connectivity index (χ0v) is 18.0. The minimum absolute atomic E-state index is 0.301. The van der Waals surface area contributed by atoms with Crippen LogP contribution in [0.4, 0.5) is 11.8 Å². The van der Waals surface area contributed by atoms with E-state index in [1.54, 1.807) is 28.0 Å². The van der Waals surface area contributed by atoms with Crippen LogP contribution in [0.25, 0.3) is 16.9 Å². The van der Waals surface area contributed by atoms with Crippen LogP contribution in [0, 0.1) is 0 Å². The van der Waals surface area contributed by atoms with Crippen molar-refractivity contribution in [2.45, 2.75) is 12.5 Å². The first-order valence-electron chi connectivity index (χ1n) is 10.4. The van der Waals surface area contributed by atoms with E-state index in [0.717, 1.165) is 17.1 Å². The van der Waals surface area contributed by atoms with Gasteiger partial charge in [0.15, 0.2) is 23.3 Å². The van der Waals surface area contributed by atoms with Gasteiger partial charge in [0.1, 0.15) is 5.82 Å². The number of hydrogen-bond donors (Lipinski definition) is 1. The zero-order chi connectivity index (χ0) is 22.4. The van der Waals surface area contributed by atoms with Gasteiger partial charge in [0.05, 0.1) is 30.9 Å². The molecule has 0 bridgehead atoms. The summed E-state index contributed by atoms with van der Waals surface area (Å²) in [6.45, 7) is 0.476. The summed E-state index contributed by atoms with van der Waals surface area (Å²) in [5, 5.41) is 20.3. The van der Waals surface area contributed by atoms with Crippen LogP contribution in [0.1, 0.15) is 18.3 Å². The lowest BCUT2D eigenvalue weighted by Crippen LogP contribution is -2.11. The first kappa shape index (κ1) is 19.2. The van der Waals surface area contributed by atoms with E-state index >= 15 is 0 Å². The number of aryl methyl sites for hydroxylation is 2. The summed E-state index contributed by atoms with van der Waals surface area (Å²) in [7, 11) is 3.69. The second-order valence-electron chi connectivity index (χ2n) is 7.66. The molecule has 1 aliphatic heterocycles. The van der Waals surface area contributed by atoms with Gasteiger partial charge in [0.2, 0.25) is 11.8 Å². The van der Waals surface area contributed by atoms with Crippen LogP contribution in [-0.4, -0.2) is 50.7 Å². The topological polar surface area (TPSA) is 122 Å². The van der Waals surface area contributed by atoms with Gasteiger partial charge in [-0.25, -0.2) is 14.4 Å². The minimum atomic E-state index is -0.301. The molecular formula is C21H20N10O2. The predicted octanol–water partition coefficient (Wildman–Crippen LogP) is 2.30. The van der Waals surface area contributed by atoms with Gasteiger partial charge >= 0.3 is 0 Å². The van der Waals surface area contributed by atoms with E-state index in [1.807, 2.05) is 49.0 Å². The van der Waals surface area contributed by atoms with E-state index in [2.05, 4.69) is 35.7 Å². The molecule has 0 saturated carbocycles. The van der Waals surface area contributed by atoms with Crippen molar-refractivity contribution >= 4 is 17.4 Å². The fraction of sp³-hybridized carbons (Fsp3) is 0.238. The standard InChI is InChI=1S/C21H20N10O2/c1-29-12-14(11-24-29)33-16-5-8-32-19-10-13(9-18-27-28-20(16)31(18)19)15-3-6-22-21(25-15)26-17-4-7-23-30(17)2/h3-4,6-7,9-12,16H,5,8H2,1-2H3,(H,22,25,26)/t16-/m1/s1. The number of rotatable bonds is 5. The summed E-state index contributed by atoms with van der Waals surface area (Å²) in [4.78, 5) is 8.97. The summed E-state index contributed by atoms with van der Waals surface area (Å²) < 4.78 is 17.5. The van der Waals surface area contributed by atoms with E-state index < -0.39 is 0 Å². The summed E-state index contributed by atoms with van der Waals surface area (Å²) >= 11 is 0. The van der Waals surface area contributed by atoms with Crippen molar-refractivity contribution in [3.8, 4) is 22.9 Å². The van der Waals surface area contributed by atoms with Gasteiger partial charge in [-0.05, 0) is 12.1 Å². The molecule has 6 rings (SSSR count). The molecule has 0 unspecified atom stereocenters. The lowest BCUT2D eigenvalue weighted by atomic mass is 10.2. The SMILES string of the molecule is Cn1cc(O[C@@H]2CCOc3cc(-c4ccnc(Nc5ccnn5C)n4)cc4nnc2n34)cn1. The highest BCUT2D eigenvalue weighted by Gasteiger charge is 2.26. The number of aromatic nitrogens is 9. The third-order valence-corrected chi connectivity index (χ3v) is 5.39. The first-order chi connectivity index (χ1) is 16.1. The summed E-state index contributed by atoms with van der Waals surface area (Å²) in [5.41, 5.74) is 2.23. The summed E-state index contributed by atoms with van der Waals surface area (Å²) in [6.07, 6.45) is 7.24. The molecule has 12 heteroatoms. The van der Waals surface area contributed by atoms with Gasteiger partial charge in [0, 0.05) is 44.4 Å². The number of anilines is 2. The molecule has 0 saturated heterocycles. The number of nitrogens with one attached hydrogen (secondary N) is 1. The fourth-order valence-corrected chi connectivity index (χ4v) is 3.80. The zero-order valence-electron chi connectivity index (χ0n) is 18.0. The molecule has 0 aromatic carbocycles. The number of pyridine rings is 1. The second-order valence-corrected chi connectivity index (χ2v) is 7.66. The van der Waals surface area contributed by atoms with Crippen LogP contribution in [0.3, 0.4) is 0 Å². The molecule has 12 nitrogen and oxygen atoms in total.